The Balaban J connectivity index is 1.93. The van der Waals surface area contributed by atoms with Crippen LogP contribution in [0.15, 0.2) is 65.6 Å². The molecule has 0 spiro atoms. The summed E-state index contributed by atoms with van der Waals surface area (Å²) in [6, 6.07) is 18.5. The van der Waals surface area contributed by atoms with E-state index >= 15 is 0 Å². The van der Waals surface area contributed by atoms with Crippen LogP contribution in [0, 0.1) is 17.0 Å². The maximum atomic E-state index is 11.8. The van der Waals surface area contributed by atoms with E-state index < -0.39 is 14.9 Å². The van der Waals surface area contributed by atoms with Gasteiger partial charge in [0.25, 0.3) is 5.09 Å². The average Bonchev–Trinajstić information content (AvgIpc) is 3.10. The van der Waals surface area contributed by atoms with Crippen molar-refractivity contribution in [3.05, 3.63) is 82.0 Å². The van der Waals surface area contributed by atoms with Crippen LogP contribution in [0.4, 0.5) is 0 Å². The van der Waals surface area contributed by atoms with Crippen molar-refractivity contribution in [2.75, 3.05) is 12.9 Å². The fourth-order valence-electron chi connectivity index (χ4n) is 3.76. The van der Waals surface area contributed by atoms with Gasteiger partial charge in [-0.25, -0.2) is 8.42 Å². The van der Waals surface area contributed by atoms with Gasteiger partial charge >= 0.3 is 0 Å². The fraction of sp³-hybridized carbons (Fsp3) is 0.304. The third kappa shape index (κ3) is 5.54. The summed E-state index contributed by atoms with van der Waals surface area (Å²) in [5.41, 5.74) is 11.2. The highest BCUT2D eigenvalue weighted by Gasteiger charge is 2.19. The van der Waals surface area contributed by atoms with Crippen LogP contribution >= 0.6 is 0 Å². The van der Waals surface area contributed by atoms with Gasteiger partial charge in [-0.15, -0.1) is 10.1 Å². The topological polar surface area (TPSA) is 117 Å². The van der Waals surface area contributed by atoms with E-state index in [0.29, 0.717) is 19.3 Å². The molecule has 2 N–H and O–H groups in total. The number of hydrogen-bond acceptors (Lipinski definition) is 6. The lowest BCUT2D eigenvalue weighted by Crippen LogP contribution is -2.12. The van der Waals surface area contributed by atoms with Crippen molar-refractivity contribution in [3.8, 4) is 16.9 Å². The summed E-state index contributed by atoms with van der Waals surface area (Å²) >= 11 is 0. The van der Waals surface area contributed by atoms with Crippen LogP contribution in [0.5, 0.6) is 0 Å². The summed E-state index contributed by atoms with van der Waals surface area (Å²) in [5.74, 6) is 0. The lowest BCUT2D eigenvalue weighted by Gasteiger charge is -2.14. The Hall–Kier alpha value is -3.17. The molecule has 1 atom stereocenters. The van der Waals surface area contributed by atoms with Crippen molar-refractivity contribution in [3.63, 3.8) is 0 Å². The Kier molecular flexibility index (Phi) is 7.32. The maximum Gasteiger partial charge on any atom is 0.294 e. The minimum absolute atomic E-state index is 0.0572. The van der Waals surface area contributed by atoms with Crippen molar-refractivity contribution < 1.29 is 18.3 Å². The van der Waals surface area contributed by atoms with Crippen molar-refractivity contribution in [2.24, 2.45) is 5.73 Å². The normalized spacial score (nSPS) is 12.5. The van der Waals surface area contributed by atoms with Gasteiger partial charge < -0.3 is 15.1 Å². The molecule has 32 heavy (non-hydrogen) atoms. The predicted octanol–water partition coefficient (Wildman–Crippen LogP) is 4.23. The first kappa shape index (κ1) is 23.5. The standard InChI is InChI=1S/C23H27N3O5S/c1-17-21(22(24)10-6-7-15-31-26(27)28)16-23(25(17)19-8-4-3-5-9-19)18-11-13-20(14-12-18)32(2,29)30/h3-5,8-9,11-14,16,22H,6-7,10,15,24H2,1-2H3/t22-/m0/s1. The molecule has 0 aliphatic carbocycles. The first-order valence-electron chi connectivity index (χ1n) is 10.3. The number of benzene rings is 2. The van der Waals surface area contributed by atoms with Gasteiger partial charge in [-0.05, 0) is 67.6 Å². The maximum absolute atomic E-state index is 11.8. The summed E-state index contributed by atoms with van der Waals surface area (Å²) in [6.45, 7) is 2.06. The van der Waals surface area contributed by atoms with Crippen molar-refractivity contribution in [1.82, 2.24) is 4.57 Å². The zero-order chi connectivity index (χ0) is 23.3. The van der Waals surface area contributed by atoms with Gasteiger partial charge in [0.05, 0.1) is 17.2 Å². The Morgan fingerprint density at radius 1 is 1.09 bits per heavy atom. The second-order valence-electron chi connectivity index (χ2n) is 7.70. The molecule has 1 aromatic heterocycles. The number of aromatic nitrogens is 1. The van der Waals surface area contributed by atoms with E-state index in [-0.39, 0.29) is 17.5 Å². The van der Waals surface area contributed by atoms with Crippen LogP contribution in [-0.2, 0) is 14.7 Å². The lowest BCUT2D eigenvalue weighted by molar-refractivity contribution is -0.757. The molecule has 0 saturated carbocycles. The van der Waals surface area contributed by atoms with Gasteiger partial charge in [0.1, 0.15) is 0 Å². The van der Waals surface area contributed by atoms with E-state index in [9.17, 15) is 18.5 Å². The molecule has 8 nitrogen and oxygen atoms in total. The van der Waals surface area contributed by atoms with E-state index in [4.69, 9.17) is 5.73 Å². The van der Waals surface area contributed by atoms with Crippen molar-refractivity contribution in [1.29, 1.82) is 0 Å². The van der Waals surface area contributed by atoms with E-state index in [1.54, 1.807) is 24.3 Å². The zero-order valence-electron chi connectivity index (χ0n) is 18.1. The highest BCUT2D eigenvalue weighted by Crippen LogP contribution is 2.33. The van der Waals surface area contributed by atoms with E-state index in [0.717, 1.165) is 28.2 Å². The number of unbranched alkanes of at least 4 members (excludes halogenated alkanes) is 1. The van der Waals surface area contributed by atoms with Gasteiger partial charge in [-0.1, -0.05) is 30.3 Å². The number of nitrogens with two attached hydrogens (primary N) is 1. The van der Waals surface area contributed by atoms with Crippen LogP contribution in [0.25, 0.3) is 16.9 Å². The van der Waals surface area contributed by atoms with Crippen LogP contribution in [-0.4, -0.2) is 30.9 Å². The molecule has 0 saturated heterocycles. The number of rotatable bonds is 10. The predicted molar refractivity (Wildman–Crippen MR) is 123 cm³/mol. The summed E-state index contributed by atoms with van der Waals surface area (Å²) in [6.07, 6.45) is 3.09. The summed E-state index contributed by atoms with van der Waals surface area (Å²) in [7, 11) is -3.28. The quantitative estimate of drug-likeness (QED) is 0.276. The van der Waals surface area contributed by atoms with E-state index in [2.05, 4.69) is 9.40 Å². The third-order valence-corrected chi connectivity index (χ3v) is 6.51. The summed E-state index contributed by atoms with van der Waals surface area (Å²) in [5, 5.41) is 9.48. The molecule has 0 amide bonds. The molecule has 1 heterocycles. The first-order chi connectivity index (χ1) is 15.2. The highest BCUT2D eigenvalue weighted by molar-refractivity contribution is 7.90. The van der Waals surface area contributed by atoms with Gasteiger partial charge in [-0.2, -0.15) is 0 Å². The number of sulfone groups is 1. The van der Waals surface area contributed by atoms with Gasteiger partial charge in [0.15, 0.2) is 9.84 Å². The fourth-order valence-corrected chi connectivity index (χ4v) is 4.39. The SMILES string of the molecule is Cc1c([C@@H](N)CCCCO[N+](=O)[O-])cc(-c2ccc(S(C)(=O)=O)cc2)n1-c1ccccc1. The molecular weight excluding hydrogens is 430 g/mol. The lowest BCUT2D eigenvalue weighted by atomic mass is 10.0. The van der Waals surface area contributed by atoms with Gasteiger partial charge in [-0.3, -0.25) is 0 Å². The minimum Gasteiger partial charge on any atom is -0.324 e. The van der Waals surface area contributed by atoms with E-state index in [1.807, 2.05) is 43.3 Å². The number of nitrogens with zero attached hydrogens (tertiary/aromatic N) is 2. The summed E-state index contributed by atoms with van der Waals surface area (Å²) in [4.78, 5) is 14.9. The van der Waals surface area contributed by atoms with Crippen molar-refractivity contribution >= 4 is 9.84 Å². The largest absolute Gasteiger partial charge is 0.324 e. The smallest absolute Gasteiger partial charge is 0.294 e. The number of hydrogen-bond donors (Lipinski definition) is 1. The monoisotopic (exact) mass is 457 g/mol. The molecular formula is C23H27N3O5S. The first-order valence-corrected chi connectivity index (χ1v) is 12.2. The van der Waals surface area contributed by atoms with E-state index in [1.165, 1.54) is 6.26 Å². The summed E-state index contributed by atoms with van der Waals surface area (Å²) < 4.78 is 25.8. The molecule has 0 unspecified atom stereocenters. The van der Waals surface area contributed by atoms with Gasteiger partial charge in [0.2, 0.25) is 0 Å². The van der Waals surface area contributed by atoms with Crippen molar-refractivity contribution in [2.45, 2.75) is 37.1 Å². The number of para-hydroxylation sites is 1. The molecule has 3 rings (SSSR count). The Morgan fingerprint density at radius 3 is 2.34 bits per heavy atom. The molecule has 2 aromatic carbocycles. The molecule has 9 heteroatoms. The molecule has 170 valence electrons. The molecule has 0 fully saturated rings. The molecule has 0 aliphatic rings. The highest BCUT2D eigenvalue weighted by atomic mass is 32.2. The van der Waals surface area contributed by atoms with Gasteiger partial charge in [0, 0.05) is 23.7 Å². The molecule has 0 radical (unpaired) electrons. The molecule has 0 bridgehead atoms. The second kappa shape index (κ2) is 9.97. The Bertz CT molecular complexity index is 1170. The Labute approximate surface area is 187 Å². The van der Waals surface area contributed by atoms with Crippen LogP contribution in [0.3, 0.4) is 0 Å². The van der Waals surface area contributed by atoms with Crippen LogP contribution in [0.2, 0.25) is 0 Å². The van der Waals surface area contributed by atoms with Crippen LogP contribution in [0.1, 0.15) is 36.6 Å². The Morgan fingerprint density at radius 2 is 1.75 bits per heavy atom. The third-order valence-electron chi connectivity index (χ3n) is 5.38. The minimum atomic E-state index is -3.28. The zero-order valence-corrected chi connectivity index (χ0v) is 18.9. The van der Waals surface area contributed by atoms with Crippen LogP contribution < -0.4 is 5.73 Å². The molecule has 0 aliphatic heterocycles. The average molecular weight is 458 g/mol. The second-order valence-corrected chi connectivity index (χ2v) is 9.71. The molecule has 3 aromatic rings.